The molecule has 1 N–H and O–H groups in total. The maximum absolute atomic E-state index is 12.4. The number of aliphatic carboxylic acids is 1. The predicted molar refractivity (Wildman–Crippen MR) is 89.2 cm³/mol. The Hall–Kier alpha value is -1.48. The first-order chi connectivity index (χ1) is 10.7. The number of carboxylic acids is 1. The lowest BCUT2D eigenvalue weighted by atomic mass is 10.2. The molecule has 23 heavy (non-hydrogen) atoms. The second-order valence-electron chi connectivity index (χ2n) is 5.02. The Balaban J connectivity index is 2.24. The molecule has 0 spiro atoms. The average molecular weight is 375 g/mol. The van der Waals surface area contributed by atoms with E-state index in [2.05, 4.69) is 4.98 Å². The van der Waals surface area contributed by atoms with Crippen LogP contribution in [0.1, 0.15) is 6.92 Å². The molecule has 0 amide bonds. The van der Waals surface area contributed by atoms with Gasteiger partial charge in [0.25, 0.3) is 10.0 Å². The van der Waals surface area contributed by atoms with Crippen LogP contribution in [-0.2, 0) is 14.8 Å². The van der Waals surface area contributed by atoms with E-state index in [1.807, 2.05) is 0 Å². The van der Waals surface area contributed by atoms with Gasteiger partial charge in [0.1, 0.15) is 5.01 Å². The highest BCUT2D eigenvalue weighted by Crippen LogP contribution is 2.27. The van der Waals surface area contributed by atoms with E-state index in [0.29, 0.717) is 10.0 Å². The van der Waals surface area contributed by atoms with Crippen molar-refractivity contribution in [1.29, 1.82) is 0 Å². The number of carbonyl (C=O) groups is 1. The number of carboxylic acid groups (broad SMARTS) is 1. The van der Waals surface area contributed by atoms with Crippen molar-refractivity contribution in [3.63, 3.8) is 0 Å². The van der Waals surface area contributed by atoms with Crippen LogP contribution in [0.4, 0.5) is 0 Å². The van der Waals surface area contributed by atoms with Gasteiger partial charge in [-0.05, 0) is 12.1 Å². The van der Waals surface area contributed by atoms with Gasteiger partial charge in [0.15, 0.2) is 5.03 Å². The summed E-state index contributed by atoms with van der Waals surface area (Å²) in [6, 6.07) is 6.92. The van der Waals surface area contributed by atoms with Crippen molar-refractivity contribution in [2.45, 2.75) is 11.9 Å². The molecule has 0 radical (unpaired) electrons. The van der Waals surface area contributed by atoms with E-state index in [1.54, 1.807) is 24.3 Å². The smallest absolute Gasteiger partial charge is 0.307 e. The van der Waals surface area contributed by atoms with Crippen molar-refractivity contribution in [2.24, 2.45) is 5.92 Å². The molecule has 124 valence electrons. The Labute approximate surface area is 143 Å². The highest BCUT2D eigenvalue weighted by Gasteiger charge is 2.27. The lowest BCUT2D eigenvalue weighted by Crippen LogP contribution is -2.33. The monoisotopic (exact) mass is 374 g/mol. The Bertz CT molecular complexity index is 802. The lowest BCUT2D eigenvalue weighted by Gasteiger charge is -2.17. The molecule has 0 bridgehead atoms. The van der Waals surface area contributed by atoms with E-state index in [1.165, 1.54) is 30.7 Å². The predicted octanol–water partition coefficient (Wildman–Crippen LogP) is 2.80. The highest BCUT2D eigenvalue weighted by atomic mass is 35.5. The zero-order valence-corrected chi connectivity index (χ0v) is 14.8. The molecule has 0 aliphatic heterocycles. The first kappa shape index (κ1) is 17.9. The van der Waals surface area contributed by atoms with Crippen LogP contribution >= 0.6 is 22.9 Å². The summed E-state index contributed by atoms with van der Waals surface area (Å²) in [6.45, 7) is 1.33. The standard InChI is InChI=1S/C14H15ClN2O4S2/c1-9(14(18)19)7-17(2)23(20,21)12-8-22-13(16-12)10-3-5-11(15)6-4-10/h3-6,8-9H,7H2,1-2H3,(H,18,19). The number of aromatic nitrogens is 1. The van der Waals surface area contributed by atoms with Crippen LogP contribution in [0.25, 0.3) is 10.6 Å². The third kappa shape index (κ3) is 4.08. The highest BCUT2D eigenvalue weighted by molar-refractivity contribution is 7.89. The minimum atomic E-state index is -3.82. The molecular weight excluding hydrogens is 360 g/mol. The minimum absolute atomic E-state index is 0.0902. The van der Waals surface area contributed by atoms with Crippen molar-refractivity contribution >= 4 is 38.9 Å². The topological polar surface area (TPSA) is 87.6 Å². The summed E-state index contributed by atoms with van der Waals surface area (Å²) in [6.07, 6.45) is 0. The molecule has 0 fully saturated rings. The number of hydrogen-bond donors (Lipinski definition) is 1. The third-order valence-corrected chi connectivity index (χ3v) is 6.20. The summed E-state index contributed by atoms with van der Waals surface area (Å²) in [5.74, 6) is -1.85. The molecule has 1 unspecified atom stereocenters. The molecular formula is C14H15ClN2O4S2. The van der Waals surface area contributed by atoms with E-state index in [9.17, 15) is 13.2 Å². The average Bonchev–Trinajstić information content (AvgIpc) is 2.98. The maximum atomic E-state index is 12.4. The van der Waals surface area contributed by atoms with Gasteiger partial charge in [-0.1, -0.05) is 30.7 Å². The number of nitrogens with zero attached hydrogens (tertiary/aromatic N) is 2. The van der Waals surface area contributed by atoms with Gasteiger partial charge in [-0.3, -0.25) is 4.79 Å². The number of thiazole rings is 1. The summed E-state index contributed by atoms with van der Waals surface area (Å²) in [7, 11) is -2.48. The van der Waals surface area contributed by atoms with Crippen molar-refractivity contribution in [3.05, 3.63) is 34.7 Å². The quantitative estimate of drug-likeness (QED) is 0.839. The Morgan fingerprint density at radius 2 is 2.00 bits per heavy atom. The molecule has 9 heteroatoms. The van der Waals surface area contributed by atoms with Crippen LogP contribution < -0.4 is 0 Å². The van der Waals surface area contributed by atoms with Crippen LogP contribution in [0.3, 0.4) is 0 Å². The molecule has 1 heterocycles. The first-order valence-electron chi connectivity index (χ1n) is 6.62. The van der Waals surface area contributed by atoms with Gasteiger partial charge in [-0.25, -0.2) is 13.4 Å². The second-order valence-corrected chi connectivity index (χ2v) is 8.31. The number of benzene rings is 1. The Morgan fingerprint density at radius 1 is 1.39 bits per heavy atom. The zero-order chi connectivity index (χ0) is 17.2. The number of sulfonamides is 1. The maximum Gasteiger partial charge on any atom is 0.307 e. The SMILES string of the molecule is CC(CN(C)S(=O)(=O)c1csc(-c2ccc(Cl)cc2)n1)C(=O)O. The van der Waals surface area contributed by atoms with Gasteiger partial charge in [0.2, 0.25) is 0 Å². The van der Waals surface area contributed by atoms with E-state index >= 15 is 0 Å². The molecule has 0 saturated heterocycles. The molecule has 1 atom stereocenters. The fourth-order valence-corrected chi connectivity index (χ4v) is 4.27. The minimum Gasteiger partial charge on any atom is -0.481 e. The van der Waals surface area contributed by atoms with E-state index in [-0.39, 0.29) is 11.6 Å². The lowest BCUT2D eigenvalue weighted by molar-refractivity contribution is -0.141. The van der Waals surface area contributed by atoms with Gasteiger partial charge in [-0.2, -0.15) is 4.31 Å². The number of hydrogen-bond acceptors (Lipinski definition) is 5. The van der Waals surface area contributed by atoms with Crippen LogP contribution in [0.15, 0.2) is 34.7 Å². The van der Waals surface area contributed by atoms with Crippen LogP contribution in [0.5, 0.6) is 0 Å². The first-order valence-corrected chi connectivity index (χ1v) is 9.32. The van der Waals surface area contributed by atoms with Crippen molar-refractivity contribution < 1.29 is 18.3 Å². The molecule has 0 aliphatic rings. The summed E-state index contributed by atoms with van der Waals surface area (Å²) in [5.41, 5.74) is 0.766. The van der Waals surface area contributed by atoms with E-state index in [4.69, 9.17) is 16.7 Å². The Morgan fingerprint density at radius 3 is 2.57 bits per heavy atom. The van der Waals surface area contributed by atoms with E-state index < -0.39 is 21.9 Å². The third-order valence-electron chi connectivity index (χ3n) is 3.20. The van der Waals surface area contributed by atoms with Crippen LogP contribution in [0.2, 0.25) is 5.02 Å². The molecule has 0 saturated carbocycles. The van der Waals surface area contributed by atoms with Crippen molar-refractivity contribution in [3.8, 4) is 10.6 Å². The van der Waals surface area contributed by atoms with Gasteiger partial charge < -0.3 is 5.11 Å². The molecule has 1 aromatic heterocycles. The summed E-state index contributed by atoms with van der Waals surface area (Å²) in [4.78, 5) is 15.0. The normalized spacial score (nSPS) is 13.2. The molecule has 0 aliphatic carbocycles. The van der Waals surface area contributed by atoms with Gasteiger partial charge in [-0.15, -0.1) is 11.3 Å². The molecule has 2 aromatic rings. The summed E-state index contributed by atoms with van der Waals surface area (Å²) >= 11 is 7.03. The fourth-order valence-electron chi connectivity index (χ4n) is 1.82. The van der Waals surface area contributed by atoms with E-state index in [0.717, 1.165) is 9.87 Å². The second kappa shape index (κ2) is 6.96. The zero-order valence-electron chi connectivity index (χ0n) is 12.4. The van der Waals surface area contributed by atoms with Crippen molar-refractivity contribution in [1.82, 2.24) is 9.29 Å². The van der Waals surface area contributed by atoms with Crippen molar-refractivity contribution in [2.75, 3.05) is 13.6 Å². The number of halogens is 1. The molecule has 2 rings (SSSR count). The number of rotatable bonds is 6. The fraction of sp³-hybridized carbons (Fsp3) is 0.286. The Kier molecular flexibility index (Phi) is 5.41. The van der Waals surface area contributed by atoms with Gasteiger partial charge in [0.05, 0.1) is 5.92 Å². The summed E-state index contributed by atoms with van der Waals surface area (Å²) in [5, 5.41) is 11.4. The summed E-state index contributed by atoms with van der Waals surface area (Å²) < 4.78 is 25.9. The molecule has 6 nitrogen and oxygen atoms in total. The van der Waals surface area contributed by atoms with Gasteiger partial charge >= 0.3 is 5.97 Å². The van der Waals surface area contributed by atoms with Crippen LogP contribution in [0, 0.1) is 5.92 Å². The van der Waals surface area contributed by atoms with Gasteiger partial charge in [0, 0.05) is 29.6 Å². The van der Waals surface area contributed by atoms with Crippen LogP contribution in [-0.4, -0.2) is 42.4 Å². The molecule has 1 aromatic carbocycles. The largest absolute Gasteiger partial charge is 0.481 e.